The average Bonchev–Trinajstić information content (AvgIpc) is 2.65. The van der Waals surface area contributed by atoms with Crippen molar-refractivity contribution in [2.75, 3.05) is 32.8 Å². The summed E-state index contributed by atoms with van der Waals surface area (Å²) in [6, 6.07) is 0. The van der Waals surface area contributed by atoms with Crippen molar-refractivity contribution in [3.63, 3.8) is 0 Å². The third kappa shape index (κ3) is 1.34. The Labute approximate surface area is 72.6 Å². The normalized spacial score (nSPS) is 27.9. The second-order valence-corrected chi connectivity index (χ2v) is 3.27. The van der Waals surface area contributed by atoms with Gasteiger partial charge in [0.2, 0.25) is 0 Å². The molecule has 2 fully saturated rings. The molecule has 2 rings (SSSR count). The zero-order valence-electron chi connectivity index (χ0n) is 7.08. The smallest absolute Gasteiger partial charge is 0.182 e. The first-order valence-corrected chi connectivity index (χ1v) is 4.28. The Kier molecular flexibility index (Phi) is 2.05. The Balaban J connectivity index is 1.93. The fraction of sp³-hybridized carbons (Fsp3) is 0.778. The van der Waals surface area contributed by atoms with Crippen LogP contribution in [0.5, 0.6) is 0 Å². The minimum Gasteiger partial charge on any atom is -0.346 e. The maximum atomic E-state index is 5.55. The zero-order chi connectivity index (χ0) is 8.44. The molecule has 0 aliphatic carbocycles. The molecular weight excluding hydrogens is 154 g/mol. The highest BCUT2D eigenvalue weighted by Crippen LogP contribution is 2.29. The average molecular weight is 167 g/mol. The molecule has 0 amide bonds. The quantitative estimate of drug-likeness (QED) is 0.516. The van der Waals surface area contributed by atoms with Crippen LogP contribution in [0.4, 0.5) is 0 Å². The van der Waals surface area contributed by atoms with Gasteiger partial charge in [0.05, 0.1) is 26.3 Å². The van der Waals surface area contributed by atoms with E-state index in [1.807, 2.05) is 0 Å². The molecule has 0 N–H and O–H groups in total. The SMILES string of the molecule is C#CCN1CCC2(C1)OCCO2. The first-order chi connectivity index (χ1) is 5.85. The molecule has 2 aliphatic rings. The van der Waals surface area contributed by atoms with Gasteiger partial charge in [-0.25, -0.2) is 0 Å². The summed E-state index contributed by atoms with van der Waals surface area (Å²) in [4.78, 5) is 2.19. The lowest BCUT2D eigenvalue weighted by molar-refractivity contribution is -0.144. The summed E-state index contributed by atoms with van der Waals surface area (Å²) in [5.74, 6) is 2.32. The Morgan fingerprint density at radius 2 is 2.17 bits per heavy atom. The first-order valence-electron chi connectivity index (χ1n) is 4.28. The minimum absolute atomic E-state index is 0.309. The van der Waals surface area contributed by atoms with Gasteiger partial charge in [-0.2, -0.15) is 0 Å². The third-order valence-electron chi connectivity index (χ3n) is 2.40. The van der Waals surface area contributed by atoms with Gasteiger partial charge in [-0.1, -0.05) is 5.92 Å². The molecular formula is C9H13NO2. The summed E-state index contributed by atoms with van der Waals surface area (Å²) in [5.41, 5.74) is 0. The second kappa shape index (κ2) is 3.06. The molecule has 0 bridgehead atoms. The van der Waals surface area contributed by atoms with Gasteiger partial charge in [-0.15, -0.1) is 6.42 Å². The summed E-state index contributed by atoms with van der Waals surface area (Å²) in [6.07, 6.45) is 6.18. The molecule has 0 atom stereocenters. The molecule has 0 aromatic carbocycles. The van der Waals surface area contributed by atoms with Crippen molar-refractivity contribution in [2.45, 2.75) is 12.2 Å². The van der Waals surface area contributed by atoms with Crippen LogP contribution >= 0.6 is 0 Å². The zero-order valence-corrected chi connectivity index (χ0v) is 7.08. The number of hydrogen-bond donors (Lipinski definition) is 0. The summed E-state index contributed by atoms with van der Waals surface area (Å²) < 4.78 is 11.1. The molecule has 3 nitrogen and oxygen atoms in total. The van der Waals surface area contributed by atoms with E-state index in [9.17, 15) is 0 Å². The van der Waals surface area contributed by atoms with Gasteiger partial charge < -0.3 is 9.47 Å². The van der Waals surface area contributed by atoms with Crippen molar-refractivity contribution in [3.8, 4) is 12.3 Å². The summed E-state index contributed by atoms with van der Waals surface area (Å²) in [6.45, 7) is 3.98. The van der Waals surface area contributed by atoms with Crippen molar-refractivity contribution in [1.82, 2.24) is 4.90 Å². The van der Waals surface area contributed by atoms with Crippen LogP contribution in [0.3, 0.4) is 0 Å². The highest BCUT2D eigenvalue weighted by Gasteiger charge is 2.42. The lowest BCUT2D eigenvalue weighted by Gasteiger charge is -2.21. The van der Waals surface area contributed by atoms with E-state index < -0.39 is 0 Å². The van der Waals surface area contributed by atoms with Gasteiger partial charge in [0.25, 0.3) is 0 Å². The predicted octanol–water partition coefficient (Wildman–Crippen LogP) is 0.0684. The molecule has 2 aliphatic heterocycles. The first kappa shape index (κ1) is 8.06. The van der Waals surface area contributed by atoms with Gasteiger partial charge in [0.15, 0.2) is 5.79 Å². The van der Waals surface area contributed by atoms with Gasteiger partial charge in [-0.3, -0.25) is 4.90 Å². The van der Waals surface area contributed by atoms with Crippen molar-refractivity contribution < 1.29 is 9.47 Å². The van der Waals surface area contributed by atoms with Gasteiger partial charge in [-0.05, 0) is 0 Å². The Morgan fingerprint density at radius 1 is 1.42 bits per heavy atom. The van der Waals surface area contributed by atoms with E-state index in [0.717, 1.165) is 32.7 Å². The van der Waals surface area contributed by atoms with Gasteiger partial charge in [0.1, 0.15) is 0 Å². The van der Waals surface area contributed by atoms with E-state index in [1.165, 1.54) is 0 Å². The monoisotopic (exact) mass is 167 g/mol. The minimum atomic E-state index is -0.309. The van der Waals surface area contributed by atoms with Crippen LogP contribution in [-0.2, 0) is 9.47 Å². The van der Waals surface area contributed by atoms with Crippen molar-refractivity contribution >= 4 is 0 Å². The Bertz CT molecular complexity index is 203. The van der Waals surface area contributed by atoms with Crippen LogP contribution in [0, 0.1) is 12.3 Å². The summed E-state index contributed by atoms with van der Waals surface area (Å²) >= 11 is 0. The highest BCUT2D eigenvalue weighted by atomic mass is 16.7. The second-order valence-electron chi connectivity index (χ2n) is 3.27. The van der Waals surface area contributed by atoms with E-state index in [4.69, 9.17) is 15.9 Å². The summed E-state index contributed by atoms with van der Waals surface area (Å²) in [5, 5.41) is 0. The maximum Gasteiger partial charge on any atom is 0.182 e. The Hall–Kier alpha value is -0.560. The summed E-state index contributed by atoms with van der Waals surface area (Å²) in [7, 11) is 0. The highest BCUT2D eigenvalue weighted by molar-refractivity contribution is 4.94. The van der Waals surface area contributed by atoms with Crippen LogP contribution in [0.1, 0.15) is 6.42 Å². The fourth-order valence-corrected chi connectivity index (χ4v) is 1.82. The molecule has 0 saturated carbocycles. The van der Waals surface area contributed by atoms with E-state index in [1.54, 1.807) is 0 Å². The lowest BCUT2D eigenvalue weighted by atomic mass is 10.2. The molecule has 66 valence electrons. The largest absolute Gasteiger partial charge is 0.346 e. The van der Waals surface area contributed by atoms with E-state index in [2.05, 4.69) is 10.8 Å². The van der Waals surface area contributed by atoms with Crippen molar-refractivity contribution in [1.29, 1.82) is 0 Å². The van der Waals surface area contributed by atoms with E-state index in [0.29, 0.717) is 6.54 Å². The molecule has 2 heterocycles. The third-order valence-corrected chi connectivity index (χ3v) is 2.40. The standard InChI is InChI=1S/C9H13NO2/c1-2-4-10-5-3-9(8-10)11-6-7-12-9/h1H,3-8H2. The van der Waals surface area contributed by atoms with Crippen molar-refractivity contribution in [2.24, 2.45) is 0 Å². The van der Waals surface area contributed by atoms with Gasteiger partial charge >= 0.3 is 0 Å². The number of rotatable bonds is 1. The number of hydrogen-bond acceptors (Lipinski definition) is 3. The number of terminal acetylenes is 1. The number of likely N-dealkylation sites (tertiary alicyclic amines) is 1. The number of ether oxygens (including phenoxy) is 2. The topological polar surface area (TPSA) is 21.7 Å². The number of nitrogens with zero attached hydrogens (tertiary/aromatic N) is 1. The van der Waals surface area contributed by atoms with Crippen LogP contribution in [0.15, 0.2) is 0 Å². The van der Waals surface area contributed by atoms with Crippen LogP contribution in [0.2, 0.25) is 0 Å². The Morgan fingerprint density at radius 3 is 2.83 bits per heavy atom. The molecule has 2 saturated heterocycles. The molecule has 3 heteroatoms. The van der Waals surface area contributed by atoms with E-state index in [-0.39, 0.29) is 5.79 Å². The van der Waals surface area contributed by atoms with Crippen LogP contribution < -0.4 is 0 Å². The molecule has 12 heavy (non-hydrogen) atoms. The van der Waals surface area contributed by atoms with Crippen molar-refractivity contribution in [3.05, 3.63) is 0 Å². The molecule has 0 aromatic rings. The van der Waals surface area contributed by atoms with Gasteiger partial charge in [0, 0.05) is 13.0 Å². The predicted molar refractivity (Wildman–Crippen MR) is 44.5 cm³/mol. The molecule has 0 radical (unpaired) electrons. The molecule has 0 aromatic heterocycles. The van der Waals surface area contributed by atoms with E-state index >= 15 is 0 Å². The van der Waals surface area contributed by atoms with Crippen LogP contribution in [-0.4, -0.2) is 43.5 Å². The van der Waals surface area contributed by atoms with Crippen LogP contribution in [0.25, 0.3) is 0 Å². The maximum absolute atomic E-state index is 5.55. The molecule has 1 spiro atoms. The molecule has 0 unspecified atom stereocenters. The lowest BCUT2D eigenvalue weighted by Crippen LogP contribution is -2.34. The fourth-order valence-electron chi connectivity index (χ4n) is 1.82.